The lowest BCUT2D eigenvalue weighted by molar-refractivity contribution is -0.134. The molecule has 0 amide bonds. The Kier molecular flexibility index (Phi) is 5.05. The van der Waals surface area contributed by atoms with Gasteiger partial charge in [-0.3, -0.25) is 0 Å². The van der Waals surface area contributed by atoms with Crippen LogP contribution in [-0.4, -0.2) is 39.5 Å². The lowest BCUT2D eigenvalue weighted by atomic mass is 10.0. The molecule has 0 saturated carbocycles. The molecule has 1 rings (SSSR count). The zero-order chi connectivity index (χ0) is 14.4. The average Bonchev–Trinajstić information content (AvgIpc) is 2.46. The molecule has 1 aromatic rings. The van der Waals surface area contributed by atoms with Crippen LogP contribution in [0.3, 0.4) is 0 Å². The zero-order valence-corrected chi connectivity index (χ0v) is 11.2. The summed E-state index contributed by atoms with van der Waals surface area (Å²) in [5, 5.41) is 9.72. The predicted molar refractivity (Wildman–Crippen MR) is 68.1 cm³/mol. The molecule has 0 aliphatic heterocycles. The van der Waals surface area contributed by atoms with Crippen molar-refractivity contribution in [3.63, 3.8) is 0 Å². The minimum absolute atomic E-state index is 0.138. The number of hydrogen-bond acceptors (Lipinski definition) is 6. The van der Waals surface area contributed by atoms with Crippen molar-refractivity contribution in [1.82, 2.24) is 0 Å². The molecule has 0 saturated heterocycles. The molecule has 1 aromatic carbocycles. The van der Waals surface area contributed by atoms with Gasteiger partial charge in [-0.1, -0.05) is 0 Å². The number of ether oxygens (including phenoxy) is 4. The maximum Gasteiger partial charge on any atom is 0.345 e. The number of hydrogen-bond donors (Lipinski definition) is 1. The Labute approximate surface area is 111 Å². The van der Waals surface area contributed by atoms with E-state index in [1.165, 1.54) is 28.4 Å². The summed E-state index contributed by atoms with van der Waals surface area (Å²) in [5.41, 5.74) is 0.175. The smallest absolute Gasteiger partial charge is 0.345 e. The number of benzene rings is 1. The first-order valence-electron chi connectivity index (χ1n) is 5.37. The summed E-state index contributed by atoms with van der Waals surface area (Å²) in [5.74, 6) is -0.421. The second-order valence-electron chi connectivity index (χ2n) is 3.44. The summed E-state index contributed by atoms with van der Waals surface area (Å²) in [6.07, 6.45) is 0. The van der Waals surface area contributed by atoms with Crippen LogP contribution in [0.1, 0.15) is 5.56 Å². The molecule has 19 heavy (non-hydrogen) atoms. The third kappa shape index (κ3) is 3.09. The van der Waals surface area contributed by atoms with Crippen LogP contribution in [0.5, 0.6) is 11.5 Å². The van der Waals surface area contributed by atoms with E-state index in [1.54, 1.807) is 18.2 Å². The van der Waals surface area contributed by atoms with Crippen LogP contribution in [0.2, 0.25) is 0 Å². The van der Waals surface area contributed by atoms with Crippen molar-refractivity contribution < 1.29 is 28.8 Å². The highest BCUT2D eigenvalue weighted by Crippen LogP contribution is 2.32. The van der Waals surface area contributed by atoms with Crippen LogP contribution >= 0.6 is 0 Å². The molecule has 6 nitrogen and oxygen atoms in total. The fraction of sp³-hybridized carbons (Fsp3) is 0.308. The van der Waals surface area contributed by atoms with Gasteiger partial charge in [-0.25, -0.2) is 4.79 Å². The second-order valence-corrected chi connectivity index (χ2v) is 3.44. The molecular weight excluding hydrogens is 252 g/mol. The van der Waals surface area contributed by atoms with Gasteiger partial charge in [0.1, 0.15) is 11.5 Å². The van der Waals surface area contributed by atoms with Gasteiger partial charge in [-0.05, 0) is 18.2 Å². The fourth-order valence-corrected chi connectivity index (χ4v) is 1.53. The Balaban J connectivity index is 3.49. The van der Waals surface area contributed by atoms with E-state index >= 15 is 0 Å². The predicted octanol–water partition coefficient (Wildman–Crippen LogP) is 1.75. The maximum absolute atomic E-state index is 11.8. The van der Waals surface area contributed by atoms with Gasteiger partial charge in [-0.2, -0.15) is 0 Å². The highest BCUT2D eigenvalue weighted by molar-refractivity contribution is 6.17. The van der Waals surface area contributed by atoms with Gasteiger partial charge in [0.25, 0.3) is 5.95 Å². The Morgan fingerprint density at radius 3 is 2.21 bits per heavy atom. The first kappa shape index (κ1) is 14.7. The topological polar surface area (TPSA) is 74.2 Å². The number of aliphatic hydroxyl groups excluding tert-OH is 1. The molecule has 0 bridgehead atoms. The molecule has 6 heteroatoms. The first-order chi connectivity index (χ1) is 9.08. The summed E-state index contributed by atoms with van der Waals surface area (Å²) in [7, 11) is 5.39. The van der Waals surface area contributed by atoms with Crippen molar-refractivity contribution in [2.24, 2.45) is 0 Å². The lowest BCUT2D eigenvalue weighted by Crippen LogP contribution is -2.09. The minimum atomic E-state index is -0.745. The number of methoxy groups -OCH3 is 4. The normalized spacial score (nSPS) is 11.4. The zero-order valence-electron chi connectivity index (χ0n) is 11.2. The molecule has 0 fully saturated rings. The molecule has 0 atom stereocenters. The Hall–Kier alpha value is -2.37. The number of carbonyl (C=O) groups excluding carboxylic acids is 1. The Morgan fingerprint density at radius 1 is 1.05 bits per heavy atom. The Bertz CT molecular complexity index is 492. The van der Waals surface area contributed by atoms with Crippen molar-refractivity contribution in [2.45, 2.75) is 0 Å². The van der Waals surface area contributed by atoms with Gasteiger partial charge in [-0.15, -0.1) is 0 Å². The highest BCUT2D eigenvalue weighted by Gasteiger charge is 2.23. The monoisotopic (exact) mass is 268 g/mol. The quantitative estimate of drug-likeness (QED) is 0.498. The van der Waals surface area contributed by atoms with E-state index in [-0.39, 0.29) is 5.57 Å². The standard InChI is InChI=1S/C13H16O6/c1-16-8-5-6-10(17-2)9(7-8)11(12(14)18-3)13(15)19-4/h5-7,14H,1-4H3/b12-11-. The third-order valence-corrected chi connectivity index (χ3v) is 2.47. The second kappa shape index (κ2) is 6.53. The van der Waals surface area contributed by atoms with Crippen LogP contribution in [-0.2, 0) is 14.3 Å². The minimum Gasteiger partial charge on any atom is -0.497 e. The van der Waals surface area contributed by atoms with E-state index in [1.807, 2.05) is 0 Å². The van der Waals surface area contributed by atoms with Gasteiger partial charge >= 0.3 is 5.97 Å². The maximum atomic E-state index is 11.8. The van der Waals surface area contributed by atoms with Crippen LogP contribution < -0.4 is 9.47 Å². The van der Waals surface area contributed by atoms with Gasteiger partial charge in [0.15, 0.2) is 5.57 Å². The molecule has 0 unspecified atom stereocenters. The van der Waals surface area contributed by atoms with E-state index in [0.717, 1.165) is 0 Å². The molecule has 0 aromatic heterocycles. The largest absolute Gasteiger partial charge is 0.497 e. The number of esters is 1. The molecule has 104 valence electrons. The molecule has 0 aliphatic carbocycles. The van der Waals surface area contributed by atoms with Crippen LogP contribution in [0, 0.1) is 0 Å². The lowest BCUT2D eigenvalue weighted by Gasteiger charge is -2.13. The molecule has 0 heterocycles. The Morgan fingerprint density at radius 2 is 1.74 bits per heavy atom. The van der Waals surface area contributed by atoms with Crippen LogP contribution in [0.25, 0.3) is 5.57 Å². The van der Waals surface area contributed by atoms with Crippen LogP contribution in [0.15, 0.2) is 24.1 Å². The van der Waals surface area contributed by atoms with E-state index in [0.29, 0.717) is 17.1 Å². The van der Waals surface area contributed by atoms with Crippen molar-refractivity contribution in [3.05, 3.63) is 29.7 Å². The SMILES string of the molecule is COC(=O)/C(=C(/O)OC)c1cc(OC)ccc1OC. The van der Waals surface area contributed by atoms with E-state index < -0.39 is 11.9 Å². The van der Waals surface area contributed by atoms with Crippen molar-refractivity contribution in [3.8, 4) is 11.5 Å². The van der Waals surface area contributed by atoms with Gasteiger partial charge < -0.3 is 24.1 Å². The van der Waals surface area contributed by atoms with Crippen molar-refractivity contribution in [1.29, 1.82) is 0 Å². The number of aliphatic hydroxyl groups is 1. The summed E-state index contributed by atoms with van der Waals surface area (Å²) in [6.45, 7) is 0. The van der Waals surface area contributed by atoms with Gasteiger partial charge in [0, 0.05) is 5.56 Å². The molecule has 1 N–H and O–H groups in total. The molecular formula is C13H16O6. The molecule has 0 radical (unpaired) electrons. The van der Waals surface area contributed by atoms with Gasteiger partial charge in [0.05, 0.1) is 28.4 Å². The number of rotatable bonds is 5. The summed E-state index contributed by atoms with van der Waals surface area (Å²) in [4.78, 5) is 11.8. The number of carbonyl (C=O) groups is 1. The molecule has 0 spiro atoms. The van der Waals surface area contributed by atoms with Crippen LogP contribution in [0.4, 0.5) is 0 Å². The highest BCUT2D eigenvalue weighted by atomic mass is 16.6. The summed E-state index contributed by atoms with van der Waals surface area (Å²) >= 11 is 0. The van der Waals surface area contributed by atoms with Crippen molar-refractivity contribution >= 4 is 11.5 Å². The average molecular weight is 268 g/mol. The van der Waals surface area contributed by atoms with E-state index in [9.17, 15) is 9.90 Å². The third-order valence-electron chi connectivity index (χ3n) is 2.47. The summed E-state index contributed by atoms with van der Waals surface area (Å²) in [6, 6.07) is 4.82. The van der Waals surface area contributed by atoms with Crippen molar-refractivity contribution in [2.75, 3.05) is 28.4 Å². The fourth-order valence-electron chi connectivity index (χ4n) is 1.53. The van der Waals surface area contributed by atoms with E-state index in [4.69, 9.17) is 14.2 Å². The van der Waals surface area contributed by atoms with Gasteiger partial charge in [0.2, 0.25) is 0 Å². The molecule has 0 aliphatic rings. The van der Waals surface area contributed by atoms with E-state index in [2.05, 4.69) is 4.74 Å². The first-order valence-corrected chi connectivity index (χ1v) is 5.37. The summed E-state index contributed by atoms with van der Waals surface area (Å²) < 4.78 is 19.6.